The molecule has 0 unspecified atom stereocenters. The van der Waals surface area contributed by atoms with E-state index in [4.69, 9.17) is 13.6 Å². The summed E-state index contributed by atoms with van der Waals surface area (Å²) in [5.74, 6) is -0.324. The van der Waals surface area contributed by atoms with Crippen LogP contribution in [0.3, 0.4) is 0 Å². The molecular weight excluding hydrogens is 284 g/mol. The standard InChI is InChI=1S/C16H24O4Si/c1-5-14-8-10-15(11-9-14)16(17)18-12-13-21(4,19-6-2)20-7-3/h5,8-11H,1,6-7,12-13H2,2-4H3. The lowest BCUT2D eigenvalue weighted by Gasteiger charge is -2.25. The van der Waals surface area contributed by atoms with Gasteiger partial charge in [0.15, 0.2) is 0 Å². The van der Waals surface area contributed by atoms with Gasteiger partial charge in [-0.05, 0) is 38.1 Å². The van der Waals surface area contributed by atoms with Gasteiger partial charge in [-0.2, -0.15) is 0 Å². The first-order chi connectivity index (χ1) is 10.0. The molecular formula is C16H24O4Si. The van der Waals surface area contributed by atoms with Gasteiger partial charge in [-0.15, -0.1) is 0 Å². The fourth-order valence-electron chi connectivity index (χ4n) is 1.96. The lowest BCUT2D eigenvalue weighted by Crippen LogP contribution is -2.40. The van der Waals surface area contributed by atoms with E-state index in [0.717, 1.165) is 5.56 Å². The maximum atomic E-state index is 11.9. The molecule has 1 aromatic rings. The highest BCUT2D eigenvalue weighted by molar-refractivity contribution is 6.66. The molecule has 1 rings (SSSR count). The third kappa shape index (κ3) is 5.83. The average molecular weight is 308 g/mol. The van der Waals surface area contributed by atoms with Crippen LogP contribution in [0.1, 0.15) is 29.8 Å². The topological polar surface area (TPSA) is 44.8 Å². The third-order valence-corrected chi connectivity index (χ3v) is 5.98. The normalized spacial score (nSPS) is 11.2. The molecule has 0 saturated heterocycles. The lowest BCUT2D eigenvalue weighted by atomic mass is 10.1. The van der Waals surface area contributed by atoms with Crippen molar-refractivity contribution in [3.63, 3.8) is 0 Å². The third-order valence-electron chi connectivity index (χ3n) is 3.07. The lowest BCUT2D eigenvalue weighted by molar-refractivity contribution is 0.0513. The maximum absolute atomic E-state index is 11.9. The minimum Gasteiger partial charge on any atom is -0.462 e. The van der Waals surface area contributed by atoms with Crippen molar-refractivity contribution in [2.45, 2.75) is 26.4 Å². The first-order valence-electron chi connectivity index (χ1n) is 7.22. The number of esters is 1. The summed E-state index contributed by atoms with van der Waals surface area (Å²) in [7, 11) is -2.22. The van der Waals surface area contributed by atoms with Crippen molar-refractivity contribution in [1.82, 2.24) is 0 Å². The highest BCUT2D eigenvalue weighted by atomic mass is 28.4. The van der Waals surface area contributed by atoms with Gasteiger partial charge in [0.1, 0.15) is 0 Å². The molecule has 0 aromatic heterocycles. The summed E-state index contributed by atoms with van der Waals surface area (Å²) in [6.07, 6.45) is 1.73. The van der Waals surface area contributed by atoms with Gasteiger partial charge in [-0.25, -0.2) is 4.79 Å². The molecule has 0 aliphatic carbocycles. The number of carbonyl (C=O) groups excluding carboxylic acids is 1. The second-order valence-corrected chi connectivity index (χ2v) is 8.06. The van der Waals surface area contributed by atoms with Gasteiger partial charge in [-0.3, -0.25) is 0 Å². The van der Waals surface area contributed by atoms with Crippen LogP contribution < -0.4 is 0 Å². The number of benzene rings is 1. The Morgan fingerprint density at radius 1 is 1.19 bits per heavy atom. The number of carbonyl (C=O) groups is 1. The van der Waals surface area contributed by atoms with E-state index >= 15 is 0 Å². The Labute approximate surface area is 128 Å². The molecule has 21 heavy (non-hydrogen) atoms. The molecule has 0 spiro atoms. The molecule has 0 aliphatic heterocycles. The van der Waals surface area contributed by atoms with Crippen molar-refractivity contribution in [2.24, 2.45) is 0 Å². The minimum absolute atomic E-state index is 0.310. The van der Waals surface area contributed by atoms with Crippen LogP contribution in [0.4, 0.5) is 0 Å². The van der Waals surface area contributed by atoms with Crippen molar-refractivity contribution in [3.8, 4) is 0 Å². The molecule has 5 heteroatoms. The fourth-order valence-corrected chi connectivity index (χ4v) is 4.03. The first-order valence-corrected chi connectivity index (χ1v) is 9.74. The molecule has 0 saturated carbocycles. The summed E-state index contributed by atoms with van der Waals surface area (Å²) >= 11 is 0. The van der Waals surface area contributed by atoms with E-state index in [-0.39, 0.29) is 5.97 Å². The predicted molar refractivity (Wildman–Crippen MR) is 86.5 cm³/mol. The highest BCUT2D eigenvalue weighted by Crippen LogP contribution is 2.14. The summed E-state index contributed by atoms with van der Waals surface area (Å²) in [5.41, 5.74) is 1.51. The molecule has 0 amide bonds. The smallest absolute Gasteiger partial charge is 0.338 e. The van der Waals surface area contributed by atoms with Crippen molar-refractivity contribution >= 4 is 20.6 Å². The van der Waals surface area contributed by atoms with E-state index in [2.05, 4.69) is 6.58 Å². The van der Waals surface area contributed by atoms with Crippen LogP contribution in [0.5, 0.6) is 0 Å². The van der Waals surface area contributed by atoms with Crippen molar-refractivity contribution < 1.29 is 18.4 Å². The van der Waals surface area contributed by atoms with Gasteiger partial charge in [0, 0.05) is 19.3 Å². The van der Waals surface area contributed by atoms with E-state index in [9.17, 15) is 4.79 Å². The van der Waals surface area contributed by atoms with E-state index in [1.165, 1.54) is 0 Å². The van der Waals surface area contributed by atoms with Crippen LogP contribution in [0.15, 0.2) is 30.8 Å². The van der Waals surface area contributed by atoms with Gasteiger partial charge >= 0.3 is 14.5 Å². The molecule has 0 fully saturated rings. The van der Waals surface area contributed by atoms with E-state index in [0.29, 0.717) is 31.4 Å². The molecule has 0 atom stereocenters. The summed E-state index contributed by atoms with van der Waals surface area (Å²) in [5, 5.41) is 0. The van der Waals surface area contributed by atoms with Gasteiger partial charge < -0.3 is 13.6 Å². The molecule has 0 N–H and O–H groups in total. The molecule has 116 valence electrons. The Kier molecular flexibility index (Phi) is 7.35. The summed E-state index contributed by atoms with van der Waals surface area (Å²) in [6, 6.07) is 7.78. The largest absolute Gasteiger partial charge is 0.462 e. The minimum atomic E-state index is -2.22. The number of ether oxygens (including phenoxy) is 1. The Morgan fingerprint density at radius 2 is 1.76 bits per heavy atom. The Hall–Kier alpha value is -1.43. The quantitative estimate of drug-likeness (QED) is 0.516. The van der Waals surface area contributed by atoms with Crippen LogP contribution in [0.25, 0.3) is 6.08 Å². The monoisotopic (exact) mass is 308 g/mol. The van der Waals surface area contributed by atoms with Crippen molar-refractivity contribution in [2.75, 3.05) is 19.8 Å². The molecule has 0 heterocycles. The average Bonchev–Trinajstić information content (AvgIpc) is 2.47. The first kappa shape index (κ1) is 17.6. The second kappa shape index (κ2) is 8.77. The SMILES string of the molecule is C=Cc1ccc(C(=O)OCC[Si](C)(OCC)OCC)cc1. The van der Waals surface area contributed by atoms with Gasteiger partial charge in [-0.1, -0.05) is 24.8 Å². The van der Waals surface area contributed by atoms with Crippen LogP contribution in [-0.4, -0.2) is 34.4 Å². The maximum Gasteiger partial charge on any atom is 0.338 e. The van der Waals surface area contributed by atoms with Crippen LogP contribution in [-0.2, 0) is 13.6 Å². The van der Waals surface area contributed by atoms with Crippen LogP contribution in [0, 0.1) is 0 Å². The second-order valence-electron chi connectivity index (χ2n) is 4.71. The van der Waals surface area contributed by atoms with Gasteiger partial charge in [0.2, 0.25) is 0 Å². The Balaban J connectivity index is 2.49. The summed E-state index contributed by atoms with van der Waals surface area (Å²) in [4.78, 5) is 11.9. The summed E-state index contributed by atoms with van der Waals surface area (Å²) in [6.45, 7) is 11.1. The zero-order valence-corrected chi connectivity index (χ0v) is 14.1. The van der Waals surface area contributed by atoms with Gasteiger partial charge in [0.05, 0.1) is 12.2 Å². The molecule has 0 aliphatic rings. The van der Waals surface area contributed by atoms with Crippen LogP contribution >= 0.6 is 0 Å². The number of rotatable bonds is 9. The Bertz CT molecular complexity index is 450. The summed E-state index contributed by atoms with van der Waals surface area (Å²) < 4.78 is 16.7. The zero-order valence-electron chi connectivity index (χ0n) is 13.1. The Morgan fingerprint density at radius 3 is 2.24 bits per heavy atom. The zero-order chi connectivity index (χ0) is 15.7. The number of hydrogen-bond acceptors (Lipinski definition) is 4. The highest BCUT2D eigenvalue weighted by Gasteiger charge is 2.30. The van der Waals surface area contributed by atoms with Crippen LogP contribution in [0.2, 0.25) is 12.6 Å². The molecule has 1 aromatic carbocycles. The van der Waals surface area contributed by atoms with E-state index in [1.807, 2.05) is 32.5 Å². The van der Waals surface area contributed by atoms with E-state index in [1.54, 1.807) is 18.2 Å². The number of hydrogen-bond donors (Lipinski definition) is 0. The van der Waals surface area contributed by atoms with Gasteiger partial charge in [0.25, 0.3) is 0 Å². The predicted octanol–water partition coefficient (Wildman–Crippen LogP) is 3.63. The van der Waals surface area contributed by atoms with Crippen molar-refractivity contribution in [1.29, 1.82) is 0 Å². The fraction of sp³-hybridized carbons (Fsp3) is 0.438. The molecule has 0 radical (unpaired) electrons. The molecule has 4 nitrogen and oxygen atoms in total. The molecule has 0 bridgehead atoms. The van der Waals surface area contributed by atoms with Crippen molar-refractivity contribution in [3.05, 3.63) is 42.0 Å². The van der Waals surface area contributed by atoms with E-state index < -0.39 is 8.56 Å².